The minimum Gasteiger partial charge on any atom is -0.469 e. The third-order valence-corrected chi connectivity index (χ3v) is 7.39. The number of hydrogen-bond donors (Lipinski definition) is 0. The Labute approximate surface area is 221 Å². The van der Waals surface area contributed by atoms with Gasteiger partial charge in [-0.3, -0.25) is 19.3 Å². The Bertz CT molecular complexity index is 1180. The van der Waals surface area contributed by atoms with E-state index in [9.17, 15) is 19.2 Å². The quantitative estimate of drug-likeness (QED) is 0.210. The zero-order valence-corrected chi connectivity index (χ0v) is 21.6. The normalized spacial score (nSPS) is 21.5. The molecule has 1 fully saturated rings. The van der Waals surface area contributed by atoms with Crippen LogP contribution in [0.5, 0.6) is 0 Å². The van der Waals surface area contributed by atoms with Gasteiger partial charge in [0.25, 0.3) is 0 Å². The molecule has 9 nitrogen and oxygen atoms in total. The topological polar surface area (TPSA) is 108 Å². The molecule has 4 rings (SSSR count). The first-order chi connectivity index (χ1) is 18.4. The number of amides is 1. The fourth-order valence-electron chi connectivity index (χ4n) is 5.67. The van der Waals surface area contributed by atoms with Gasteiger partial charge >= 0.3 is 24.0 Å². The van der Waals surface area contributed by atoms with Crippen molar-refractivity contribution in [1.29, 1.82) is 0 Å². The van der Waals surface area contributed by atoms with Crippen molar-refractivity contribution in [2.45, 2.75) is 37.5 Å². The molecule has 200 valence electrons. The van der Waals surface area contributed by atoms with E-state index in [2.05, 4.69) is 0 Å². The van der Waals surface area contributed by atoms with Gasteiger partial charge in [0.15, 0.2) is 11.5 Å². The highest BCUT2D eigenvalue weighted by molar-refractivity contribution is 6.03. The summed E-state index contributed by atoms with van der Waals surface area (Å²) in [7, 11) is 3.53. The van der Waals surface area contributed by atoms with Gasteiger partial charge in [0.1, 0.15) is 6.04 Å². The van der Waals surface area contributed by atoms with Crippen LogP contribution >= 0.6 is 0 Å². The van der Waals surface area contributed by atoms with Crippen LogP contribution < -0.4 is 0 Å². The molecule has 1 heterocycles. The maximum absolute atomic E-state index is 13.8. The van der Waals surface area contributed by atoms with Gasteiger partial charge in [0, 0.05) is 5.92 Å². The molecular weight excluding hydrogens is 490 g/mol. The number of carbonyl (C=O) groups excluding carboxylic acids is 4. The molecule has 9 heteroatoms. The molecule has 0 saturated carbocycles. The lowest BCUT2D eigenvalue weighted by molar-refractivity contribution is -0.179. The molecule has 0 spiro atoms. The molecule has 1 amide bonds. The number of benzene rings is 2. The molecule has 0 radical (unpaired) electrons. The Morgan fingerprint density at radius 3 is 2.00 bits per heavy atom. The number of carbonyl (C=O) groups is 4. The first-order valence-corrected chi connectivity index (χ1v) is 12.4. The molecule has 4 atom stereocenters. The molecule has 1 aliphatic heterocycles. The number of rotatable bonds is 9. The molecule has 1 saturated heterocycles. The Balaban J connectivity index is 1.98. The second-order valence-corrected chi connectivity index (χ2v) is 9.24. The number of cyclic esters (lactones) is 1. The van der Waals surface area contributed by atoms with Crippen molar-refractivity contribution in [3.8, 4) is 0 Å². The molecule has 0 N–H and O–H groups in total. The van der Waals surface area contributed by atoms with E-state index in [1.165, 1.54) is 12.0 Å². The summed E-state index contributed by atoms with van der Waals surface area (Å²) in [5.41, 5.74) is -0.633. The second-order valence-electron chi connectivity index (χ2n) is 9.24. The standard InChI is InChI=1S/C29H31NO8/c1-35-23(31)18-22(29(26(32)36-2,27(33)37-3)21-16-10-11-17-21)30-24(19-12-6-4-7-13-19)25(38-28(30)34)20-14-8-5-9-15-20/h4-10,12-16,21-22,24-25H,11,17-18H2,1-3H3/t21?,22-,24+,25-/m0/s1. The van der Waals surface area contributed by atoms with E-state index >= 15 is 0 Å². The van der Waals surface area contributed by atoms with Gasteiger partial charge in [0.05, 0.1) is 33.8 Å². The molecule has 1 unspecified atom stereocenters. The number of ether oxygens (including phenoxy) is 4. The van der Waals surface area contributed by atoms with Crippen LogP contribution in [-0.4, -0.2) is 56.3 Å². The highest BCUT2D eigenvalue weighted by Crippen LogP contribution is 2.51. The first-order valence-electron chi connectivity index (χ1n) is 12.4. The van der Waals surface area contributed by atoms with E-state index in [0.717, 1.165) is 19.8 Å². The summed E-state index contributed by atoms with van der Waals surface area (Å²) < 4.78 is 21.3. The van der Waals surface area contributed by atoms with E-state index in [-0.39, 0.29) is 0 Å². The van der Waals surface area contributed by atoms with Crippen molar-refractivity contribution >= 4 is 24.0 Å². The molecule has 1 aliphatic carbocycles. The number of nitrogens with zero attached hydrogens (tertiary/aromatic N) is 1. The highest BCUT2D eigenvalue weighted by atomic mass is 16.6. The van der Waals surface area contributed by atoms with E-state index in [1.54, 1.807) is 6.08 Å². The van der Waals surface area contributed by atoms with Crippen LogP contribution in [0, 0.1) is 11.3 Å². The predicted molar refractivity (Wildman–Crippen MR) is 135 cm³/mol. The van der Waals surface area contributed by atoms with E-state index in [1.807, 2.05) is 66.7 Å². The van der Waals surface area contributed by atoms with Crippen LogP contribution in [0.1, 0.15) is 42.5 Å². The lowest BCUT2D eigenvalue weighted by Crippen LogP contribution is -2.61. The van der Waals surface area contributed by atoms with Gasteiger partial charge < -0.3 is 18.9 Å². The van der Waals surface area contributed by atoms with Crippen molar-refractivity contribution in [2.75, 3.05) is 21.3 Å². The van der Waals surface area contributed by atoms with Gasteiger partial charge in [-0.05, 0) is 24.0 Å². The third kappa shape index (κ3) is 4.64. The zero-order chi connectivity index (χ0) is 27.3. The molecule has 0 aromatic heterocycles. The van der Waals surface area contributed by atoms with Gasteiger partial charge in [-0.25, -0.2) is 4.79 Å². The van der Waals surface area contributed by atoms with Crippen molar-refractivity contribution in [2.24, 2.45) is 11.3 Å². The third-order valence-electron chi connectivity index (χ3n) is 7.39. The van der Waals surface area contributed by atoms with E-state index < -0.39 is 59.9 Å². The smallest absolute Gasteiger partial charge is 0.411 e. The monoisotopic (exact) mass is 521 g/mol. The van der Waals surface area contributed by atoms with Crippen LogP contribution in [0.25, 0.3) is 0 Å². The maximum Gasteiger partial charge on any atom is 0.411 e. The Kier molecular flexibility index (Phi) is 8.14. The molecule has 2 aromatic carbocycles. The largest absolute Gasteiger partial charge is 0.469 e. The molecule has 38 heavy (non-hydrogen) atoms. The summed E-state index contributed by atoms with van der Waals surface area (Å²) in [4.78, 5) is 55.3. The summed E-state index contributed by atoms with van der Waals surface area (Å²) >= 11 is 0. The van der Waals surface area contributed by atoms with Crippen LogP contribution in [0.2, 0.25) is 0 Å². The van der Waals surface area contributed by atoms with Gasteiger partial charge in [0.2, 0.25) is 0 Å². The Morgan fingerprint density at radius 1 is 0.921 bits per heavy atom. The minimum atomic E-state index is -2.05. The molecular formula is C29H31NO8. The van der Waals surface area contributed by atoms with Gasteiger partial charge in [-0.15, -0.1) is 0 Å². The molecule has 0 bridgehead atoms. The summed E-state index contributed by atoms with van der Waals surface area (Å²) in [5.74, 6) is -3.22. The number of hydrogen-bond acceptors (Lipinski definition) is 8. The van der Waals surface area contributed by atoms with Crippen LogP contribution in [-0.2, 0) is 33.3 Å². The first kappa shape index (κ1) is 26.9. The summed E-state index contributed by atoms with van der Waals surface area (Å²) in [6, 6.07) is 16.2. The fourth-order valence-corrected chi connectivity index (χ4v) is 5.67. The zero-order valence-electron chi connectivity index (χ0n) is 21.6. The Hall–Kier alpha value is -4.14. The molecule has 2 aromatic rings. The maximum atomic E-state index is 13.8. The van der Waals surface area contributed by atoms with Crippen LogP contribution in [0.15, 0.2) is 72.8 Å². The SMILES string of the molecule is COC(=O)C[C@H](N1C(=O)O[C@@H](c2ccccc2)[C@H]1c1ccccc1)C(C(=O)OC)(C(=O)OC)C1C=CCC1. The highest BCUT2D eigenvalue weighted by Gasteiger charge is 2.65. The second kappa shape index (κ2) is 11.5. The molecule has 2 aliphatic rings. The van der Waals surface area contributed by atoms with Crippen LogP contribution in [0.4, 0.5) is 4.79 Å². The van der Waals surface area contributed by atoms with E-state index in [0.29, 0.717) is 18.4 Å². The average Bonchev–Trinajstić information content (AvgIpc) is 3.61. The van der Waals surface area contributed by atoms with Gasteiger partial charge in [-0.1, -0.05) is 72.8 Å². The summed E-state index contributed by atoms with van der Waals surface area (Å²) in [6.07, 6.45) is 2.59. The van der Waals surface area contributed by atoms with Crippen molar-refractivity contribution in [1.82, 2.24) is 4.90 Å². The summed E-state index contributed by atoms with van der Waals surface area (Å²) in [6.45, 7) is 0. The number of methoxy groups -OCH3 is 3. The Morgan fingerprint density at radius 2 is 1.50 bits per heavy atom. The average molecular weight is 522 g/mol. The lowest BCUT2D eigenvalue weighted by Gasteiger charge is -2.44. The fraction of sp³-hybridized carbons (Fsp3) is 0.379. The van der Waals surface area contributed by atoms with Crippen molar-refractivity contribution < 1.29 is 38.1 Å². The lowest BCUT2D eigenvalue weighted by atomic mass is 9.67. The minimum absolute atomic E-state index is 0.420. The van der Waals surface area contributed by atoms with Gasteiger partial charge in [-0.2, -0.15) is 0 Å². The number of allylic oxidation sites excluding steroid dienone is 2. The summed E-state index contributed by atoms with van der Waals surface area (Å²) in [5, 5.41) is 0. The predicted octanol–water partition coefficient (Wildman–Crippen LogP) is 4.15. The van der Waals surface area contributed by atoms with Crippen molar-refractivity contribution in [3.05, 3.63) is 83.9 Å². The van der Waals surface area contributed by atoms with Crippen LogP contribution in [0.3, 0.4) is 0 Å². The van der Waals surface area contributed by atoms with E-state index in [4.69, 9.17) is 18.9 Å². The number of esters is 3. The van der Waals surface area contributed by atoms with Crippen molar-refractivity contribution in [3.63, 3.8) is 0 Å².